The van der Waals surface area contributed by atoms with Crippen LogP contribution in [0.15, 0.2) is 24.7 Å². The summed E-state index contributed by atoms with van der Waals surface area (Å²) in [6.45, 7) is 1.26. The van der Waals surface area contributed by atoms with Crippen LogP contribution in [0.25, 0.3) is 0 Å². The molecule has 4 rings (SSSR count). The standard InChI is InChI=1S/C17H21N5O2/c23-17(20-13-7-12-11-24-6-5-16(12)18-8-13)21-14-9-19-22(10-14)15-3-1-2-4-15/h7-10,15H,1-6,11H2,(H2,20,21,23). The van der Waals surface area contributed by atoms with Crippen LogP contribution in [-0.2, 0) is 17.8 Å². The monoisotopic (exact) mass is 327 g/mol. The molecule has 126 valence electrons. The molecule has 2 aromatic heterocycles. The summed E-state index contributed by atoms with van der Waals surface area (Å²) in [5, 5.41) is 10.00. The van der Waals surface area contributed by atoms with Crippen molar-refractivity contribution in [1.82, 2.24) is 14.8 Å². The second-order valence-electron chi connectivity index (χ2n) is 6.36. The molecular weight excluding hydrogens is 306 g/mol. The minimum atomic E-state index is -0.292. The summed E-state index contributed by atoms with van der Waals surface area (Å²) in [5.41, 5.74) is 3.45. The Labute approximate surface area is 140 Å². The highest BCUT2D eigenvalue weighted by atomic mass is 16.5. The van der Waals surface area contributed by atoms with Gasteiger partial charge >= 0.3 is 6.03 Å². The van der Waals surface area contributed by atoms with Crippen molar-refractivity contribution in [3.05, 3.63) is 35.9 Å². The highest BCUT2D eigenvalue weighted by Gasteiger charge is 2.18. The van der Waals surface area contributed by atoms with Gasteiger partial charge in [-0.05, 0) is 18.9 Å². The number of carbonyl (C=O) groups excluding carboxylic acids is 1. The van der Waals surface area contributed by atoms with Crippen LogP contribution in [0.4, 0.5) is 16.2 Å². The van der Waals surface area contributed by atoms with Crippen molar-refractivity contribution in [2.75, 3.05) is 17.2 Å². The van der Waals surface area contributed by atoms with Gasteiger partial charge in [-0.3, -0.25) is 9.67 Å². The third kappa shape index (κ3) is 3.26. The number of urea groups is 1. The Kier molecular flexibility index (Phi) is 4.17. The van der Waals surface area contributed by atoms with Crippen LogP contribution in [0.5, 0.6) is 0 Å². The maximum absolute atomic E-state index is 12.2. The van der Waals surface area contributed by atoms with Crippen molar-refractivity contribution in [3.8, 4) is 0 Å². The number of nitrogens with zero attached hydrogens (tertiary/aromatic N) is 3. The van der Waals surface area contributed by atoms with Crippen LogP contribution >= 0.6 is 0 Å². The van der Waals surface area contributed by atoms with Gasteiger partial charge in [0.15, 0.2) is 0 Å². The van der Waals surface area contributed by atoms with Gasteiger partial charge in [-0.25, -0.2) is 4.79 Å². The first kappa shape index (κ1) is 15.1. The molecular formula is C17H21N5O2. The highest BCUT2D eigenvalue weighted by Crippen LogP contribution is 2.29. The number of carbonyl (C=O) groups is 1. The van der Waals surface area contributed by atoms with Gasteiger partial charge in [0.2, 0.25) is 0 Å². The van der Waals surface area contributed by atoms with Crippen molar-refractivity contribution in [2.45, 2.75) is 44.8 Å². The number of rotatable bonds is 3. The number of hydrogen-bond acceptors (Lipinski definition) is 4. The van der Waals surface area contributed by atoms with E-state index in [4.69, 9.17) is 4.74 Å². The Balaban J connectivity index is 1.38. The van der Waals surface area contributed by atoms with Crippen molar-refractivity contribution in [1.29, 1.82) is 0 Å². The summed E-state index contributed by atoms with van der Waals surface area (Å²) in [4.78, 5) is 16.6. The van der Waals surface area contributed by atoms with Crippen molar-refractivity contribution in [2.24, 2.45) is 0 Å². The van der Waals surface area contributed by atoms with Gasteiger partial charge in [-0.2, -0.15) is 5.10 Å². The molecule has 0 saturated heterocycles. The fraction of sp³-hybridized carbons (Fsp3) is 0.471. The highest BCUT2D eigenvalue weighted by molar-refractivity contribution is 5.99. The zero-order valence-electron chi connectivity index (χ0n) is 13.5. The molecule has 2 aromatic rings. The number of hydrogen-bond donors (Lipinski definition) is 2. The number of amides is 2. The van der Waals surface area contributed by atoms with Crippen molar-refractivity contribution >= 4 is 17.4 Å². The second-order valence-corrected chi connectivity index (χ2v) is 6.36. The Morgan fingerprint density at radius 2 is 2.04 bits per heavy atom. The molecule has 0 unspecified atom stereocenters. The summed E-state index contributed by atoms with van der Waals surface area (Å²) in [5.74, 6) is 0. The summed E-state index contributed by atoms with van der Waals surface area (Å²) in [6, 6.07) is 2.09. The van der Waals surface area contributed by atoms with Gasteiger partial charge in [0, 0.05) is 23.9 Å². The van der Waals surface area contributed by atoms with Gasteiger partial charge in [-0.15, -0.1) is 0 Å². The minimum absolute atomic E-state index is 0.292. The number of fused-ring (bicyclic) bond motifs is 1. The van der Waals surface area contributed by atoms with Crippen molar-refractivity contribution in [3.63, 3.8) is 0 Å². The summed E-state index contributed by atoms with van der Waals surface area (Å²) < 4.78 is 7.38. The molecule has 2 aliphatic rings. The van der Waals surface area contributed by atoms with Gasteiger partial charge in [0.1, 0.15) is 0 Å². The molecule has 7 heteroatoms. The van der Waals surface area contributed by atoms with Gasteiger partial charge in [0.25, 0.3) is 0 Å². The van der Waals surface area contributed by atoms with E-state index in [9.17, 15) is 4.79 Å². The van der Waals surface area contributed by atoms with Crippen LogP contribution in [0, 0.1) is 0 Å². The predicted octanol–water partition coefficient (Wildman–Crippen LogP) is 3.11. The summed E-state index contributed by atoms with van der Waals surface area (Å²) >= 11 is 0. The van der Waals surface area contributed by atoms with E-state index in [2.05, 4.69) is 20.7 Å². The van der Waals surface area contributed by atoms with Crippen LogP contribution in [-0.4, -0.2) is 27.4 Å². The molecule has 0 radical (unpaired) electrons. The lowest BCUT2D eigenvalue weighted by atomic mass is 10.1. The molecule has 3 heterocycles. The maximum atomic E-state index is 12.2. The van der Waals surface area contributed by atoms with E-state index < -0.39 is 0 Å². The van der Waals surface area contributed by atoms with E-state index in [-0.39, 0.29) is 6.03 Å². The quantitative estimate of drug-likeness (QED) is 0.907. The molecule has 7 nitrogen and oxygen atoms in total. The van der Waals surface area contributed by atoms with E-state index in [1.807, 2.05) is 16.9 Å². The fourth-order valence-electron chi connectivity index (χ4n) is 3.37. The molecule has 24 heavy (non-hydrogen) atoms. The number of pyridine rings is 1. The van der Waals surface area contributed by atoms with E-state index >= 15 is 0 Å². The third-order valence-corrected chi connectivity index (χ3v) is 4.62. The van der Waals surface area contributed by atoms with Gasteiger partial charge in [0.05, 0.1) is 43.0 Å². The molecule has 1 aliphatic carbocycles. The van der Waals surface area contributed by atoms with Crippen LogP contribution in [0.3, 0.4) is 0 Å². The summed E-state index contributed by atoms with van der Waals surface area (Å²) in [7, 11) is 0. The fourth-order valence-corrected chi connectivity index (χ4v) is 3.37. The van der Waals surface area contributed by atoms with E-state index in [0.29, 0.717) is 30.6 Å². The molecule has 1 saturated carbocycles. The molecule has 1 aliphatic heterocycles. The molecule has 2 N–H and O–H groups in total. The zero-order valence-corrected chi connectivity index (χ0v) is 13.5. The number of anilines is 2. The second kappa shape index (κ2) is 6.60. The number of nitrogens with one attached hydrogen (secondary N) is 2. The summed E-state index contributed by atoms with van der Waals surface area (Å²) in [6.07, 6.45) is 10.9. The van der Waals surface area contributed by atoms with Crippen molar-refractivity contribution < 1.29 is 9.53 Å². The molecule has 0 bridgehead atoms. The lowest BCUT2D eigenvalue weighted by Crippen LogP contribution is -2.20. The first-order chi connectivity index (χ1) is 11.8. The lowest BCUT2D eigenvalue weighted by Gasteiger charge is -2.16. The van der Waals surface area contributed by atoms with Crippen LogP contribution < -0.4 is 10.6 Å². The molecule has 1 fully saturated rings. The SMILES string of the molecule is O=C(Nc1cnc2c(c1)COCC2)Nc1cnn(C2CCCC2)c1. The largest absolute Gasteiger partial charge is 0.376 e. The lowest BCUT2D eigenvalue weighted by molar-refractivity contribution is 0.109. The predicted molar refractivity (Wildman–Crippen MR) is 90.0 cm³/mol. The third-order valence-electron chi connectivity index (χ3n) is 4.62. The zero-order chi connectivity index (χ0) is 16.4. The molecule has 0 aromatic carbocycles. The maximum Gasteiger partial charge on any atom is 0.323 e. The van der Waals surface area contributed by atoms with Gasteiger partial charge in [-0.1, -0.05) is 12.8 Å². The van der Waals surface area contributed by atoms with E-state index in [0.717, 1.165) is 30.5 Å². The normalized spacial score (nSPS) is 17.5. The Hall–Kier alpha value is -2.41. The van der Waals surface area contributed by atoms with Gasteiger partial charge < -0.3 is 15.4 Å². The average Bonchev–Trinajstić information content (AvgIpc) is 3.26. The number of aromatic nitrogens is 3. The van der Waals surface area contributed by atoms with E-state index in [1.165, 1.54) is 12.8 Å². The topological polar surface area (TPSA) is 81.1 Å². The average molecular weight is 327 g/mol. The Morgan fingerprint density at radius 3 is 2.92 bits per heavy atom. The van der Waals surface area contributed by atoms with E-state index in [1.54, 1.807) is 12.4 Å². The number of ether oxygens (including phenoxy) is 1. The Morgan fingerprint density at radius 1 is 1.21 bits per heavy atom. The van der Waals surface area contributed by atoms with Crippen LogP contribution in [0.2, 0.25) is 0 Å². The molecule has 2 amide bonds. The minimum Gasteiger partial charge on any atom is -0.376 e. The smallest absolute Gasteiger partial charge is 0.323 e. The first-order valence-corrected chi connectivity index (χ1v) is 8.45. The molecule has 0 atom stereocenters. The Bertz CT molecular complexity index is 736. The van der Waals surface area contributed by atoms with Crippen LogP contribution in [0.1, 0.15) is 43.0 Å². The first-order valence-electron chi connectivity index (χ1n) is 8.45. The molecule has 0 spiro atoms.